The Morgan fingerprint density at radius 1 is 1.26 bits per heavy atom. The average molecular weight is 368 g/mol. The van der Waals surface area contributed by atoms with E-state index in [0.717, 1.165) is 44.3 Å². The first kappa shape index (κ1) is 17.3. The zero-order valence-corrected chi connectivity index (χ0v) is 16.2. The van der Waals surface area contributed by atoms with Gasteiger partial charge in [-0.25, -0.2) is 0 Å². The summed E-state index contributed by atoms with van der Waals surface area (Å²) < 4.78 is 5.39. The van der Waals surface area contributed by atoms with Crippen LogP contribution in [0.25, 0.3) is 0 Å². The molecule has 0 heterocycles. The first-order valence-electron chi connectivity index (χ1n) is 10.3. The van der Waals surface area contributed by atoms with Crippen molar-refractivity contribution in [3.8, 4) is 5.75 Å². The summed E-state index contributed by atoms with van der Waals surface area (Å²) in [7, 11) is 1.68. The maximum atomic E-state index is 13.5. The van der Waals surface area contributed by atoms with Crippen molar-refractivity contribution in [2.45, 2.75) is 64.2 Å². The fourth-order valence-electron chi connectivity index (χ4n) is 7.99. The summed E-state index contributed by atoms with van der Waals surface area (Å²) in [4.78, 5) is 25.1. The summed E-state index contributed by atoms with van der Waals surface area (Å²) in [6.45, 7) is 2.26. The molecule has 4 aliphatic rings. The lowest BCUT2D eigenvalue weighted by Gasteiger charge is -2.56. The number of carbonyl (C=O) groups is 2. The van der Waals surface area contributed by atoms with Gasteiger partial charge < -0.3 is 9.84 Å². The third-order valence-corrected chi connectivity index (χ3v) is 9.26. The molecule has 1 aromatic carbocycles. The highest BCUT2D eigenvalue weighted by Crippen LogP contribution is 2.81. The molecule has 0 amide bonds. The van der Waals surface area contributed by atoms with Gasteiger partial charge in [0, 0.05) is 12.3 Å². The predicted octanol–water partition coefficient (Wildman–Crippen LogP) is 4.36. The van der Waals surface area contributed by atoms with E-state index in [0.29, 0.717) is 18.1 Å². The number of aryl methyl sites for hydroxylation is 1. The van der Waals surface area contributed by atoms with Gasteiger partial charge in [-0.15, -0.1) is 0 Å². The van der Waals surface area contributed by atoms with Gasteiger partial charge in [0.25, 0.3) is 0 Å². The second-order valence-corrected chi connectivity index (χ2v) is 9.67. The van der Waals surface area contributed by atoms with Crippen molar-refractivity contribution in [3.05, 3.63) is 29.3 Å². The van der Waals surface area contributed by atoms with Crippen molar-refractivity contribution < 1.29 is 19.4 Å². The van der Waals surface area contributed by atoms with Crippen LogP contribution in [-0.2, 0) is 16.0 Å². The van der Waals surface area contributed by atoms with E-state index >= 15 is 0 Å². The molecule has 3 fully saturated rings. The van der Waals surface area contributed by atoms with Crippen molar-refractivity contribution in [1.29, 1.82) is 0 Å². The van der Waals surface area contributed by atoms with Crippen LogP contribution < -0.4 is 4.74 Å². The Morgan fingerprint density at radius 3 is 2.67 bits per heavy atom. The number of aliphatic carboxylic acids is 1. The van der Waals surface area contributed by atoms with E-state index in [2.05, 4.69) is 19.1 Å². The number of methoxy groups -OCH3 is 1. The van der Waals surface area contributed by atoms with Crippen LogP contribution in [0, 0.1) is 22.2 Å². The van der Waals surface area contributed by atoms with Crippen molar-refractivity contribution in [2.75, 3.05) is 7.11 Å². The standard InChI is InChI=1S/C23H28O4/c1-21-12-18(24)20-16-5-4-15(27-2)11-14(16)3-6-17(20)23(21)9-7-22(21,8-10-23)13-19(25)26/h4-5,11,17,20H,3,6-10,12-13H2,1-2H3,(H,25,26)/t17-,20-,21-,22?,23?/m1/s1. The number of ether oxygens (including phenoxy) is 1. The highest BCUT2D eigenvalue weighted by molar-refractivity contribution is 5.89. The van der Waals surface area contributed by atoms with Crippen LogP contribution >= 0.6 is 0 Å². The number of benzene rings is 1. The van der Waals surface area contributed by atoms with Gasteiger partial charge in [-0.3, -0.25) is 9.59 Å². The average Bonchev–Trinajstić information content (AvgIpc) is 3.02. The summed E-state index contributed by atoms with van der Waals surface area (Å²) in [5.41, 5.74) is 2.27. The maximum Gasteiger partial charge on any atom is 0.303 e. The zero-order valence-electron chi connectivity index (χ0n) is 16.2. The van der Waals surface area contributed by atoms with E-state index in [9.17, 15) is 14.7 Å². The van der Waals surface area contributed by atoms with Gasteiger partial charge in [-0.1, -0.05) is 13.0 Å². The fraction of sp³-hybridized carbons (Fsp3) is 0.652. The van der Waals surface area contributed by atoms with E-state index in [-0.39, 0.29) is 28.6 Å². The Bertz CT molecular complexity index is 833. The highest BCUT2D eigenvalue weighted by atomic mass is 16.5. The third-order valence-electron chi connectivity index (χ3n) is 9.26. The summed E-state index contributed by atoms with van der Waals surface area (Å²) in [6, 6.07) is 6.19. The smallest absolute Gasteiger partial charge is 0.303 e. The molecule has 0 aromatic heterocycles. The normalized spacial score (nSPS) is 41.6. The number of Topliss-reactive ketones (excluding diaryl/α,β-unsaturated/α-hetero) is 1. The lowest BCUT2D eigenvalue weighted by molar-refractivity contribution is -0.148. The fourth-order valence-corrected chi connectivity index (χ4v) is 7.99. The molecule has 3 saturated carbocycles. The molecular formula is C23H28O4. The second-order valence-electron chi connectivity index (χ2n) is 9.67. The molecule has 144 valence electrons. The Labute approximate surface area is 160 Å². The minimum absolute atomic E-state index is 0.00791. The monoisotopic (exact) mass is 368 g/mol. The van der Waals surface area contributed by atoms with Gasteiger partial charge in [0.05, 0.1) is 13.5 Å². The number of hydrogen-bond donors (Lipinski definition) is 1. The van der Waals surface area contributed by atoms with Crippen LogP contribution in [0.2, 0.25) is 0 Å². The molecule has 2 bridgehead atoms. The number of carboxylic acids is 1. The quantitative estimate of drug-likeness (QED) is 0.861. The number of hydrogen-bond acceptors (Lipinski definition) is 3. The van der Waals surface area contributed by atoms with E-state index in [1.54, 1.807) is 7.11 Å². The van der Waals surface area contributed by atoms with Gasteiger partial charge in [0.1, 0.15) is 11.5 Å². The Hall–Kier alpha value is -1.84. The summed E-state index contributed by atoms with van der Waals surface area (Å²) >= 11 is 0. The van der Waals surface area contributed by atoms with Crippen molar-refractivity contribution >= 4 is 11.8 Å². The first-order valence-corrected chi connectivity index (χ1v) is 10.3. The van der Waals surface area contributed by atoms with Crippen LogP contribution in [0.4, 0.5) is 0 Å². The molecule has 0 unspecified atom stereocenters. The molecule has 0 radical (unpaired) electrons. The van der Waals surface area contributed by atoms with E-state index < -0.39 is 5.97 Å². The van der Waals surface area contributed by atoms with Crippen molar-refractivity contribution in [1.82, 2.24) is 0 Å². The Morgan fingerprint density at radius 2 is 2.00 bits per heavy atom. The van der Waals surface area contributed by atoms with Gasteiger partial charge in [-0.05, 0) is 83.9 Å². The summed E-state index contributed by atoms with van der Waals surface area (Å²) in [6.07, 6.45) is 6.94. The van der Waals surface area contributed by atoms with Crippen LogP contribution in [0.1, 0.15) is 68.9 Å². The van der Waals surface area contributed by atoms with E-state index in [1.165, 1.54) is 11.1 Å². The van der Waals surface area contributed by atoms with E-state index in [1.807, 2.05) is 6.07 Å². The molecule has 4 nitrogen and oxygen atoms in total. The summed E-state index contributed by atoms with van der Waals surface area (Å²) in [5, 5.41) is 9.57. The molecule has 5 rings (SSSR count). The molecule has 4 aliphatic carbocycles. The highest BCUT2D eigenvalue weighted by Gasteiger charge is 2.75. The third kappa shape index (κ3) is 1.94. The number of fused-ring (bicyclic) bond motifs is 3. The molecule has 0 saturated heterocycles. The topological polar surface area (TPSA) is 63.6 Å². The molecular weight excluding hydrogens is 340 g/mol. The van der Waals surface area contributed by atoms with Crippen LogP contribution in [0.3, 0.4) is 0 Å². The molecule has 0 aliphatic heterocycles. The maximum absolute atomic E-state index is 13.5. The van der Waals surface area contributed by atoms with Gasteiger partial charge in [0.2, 0.25) is 0 Å². The van der Waals surface area contributed by atoms with Crippen LogP contribution in [0.15, 0.2) is 18.2 Å². The Kier molecular flexibility index (Phi) is 3.43. The Balaban J connectivity index is 1.60. The lowest BCUT2D eigenvalue weighted by Crippen LogP contribution is -2.53. The molecule has 4 heteroatoms. The molecule has 0 spiro atoms. The number of carboxylic acid groups (broad SMARTS) is 1. The zero-order chi connectivity index (χ0) is 19.0. The van der Waals surface area contributed by atoms with Crippen LogP contribution in [-0.4, -0.2) is 24.0 Å². The molecule has 3 atom stereocenters. The molecule has 1 N–H and O–H groups in total. The van der Waals surface area contributed by atoms with Gasteiger partial charge >= 0.3 is 5.97 Å². The van der Waals surface area contributed by atoms with Crippen molar-refractivity contribution in [2.24, 2.45) is 22.2 Å². The number of ketones is 1. The predicted molar refractivity (Wildman–Crippen MR) is 101 cm³/mol. The number of rotatable bonds is 3. The van der Waals surface area contributed by atoms with Crippen molar-refractivity contribution in [3.63, 3.8) is 0 Å². The second kappa shape index (κ2) is 5.36. The largest absolute Gasteiger partial charge is 0.497 e. The minimum atomic E-state index is -0.704. The lowest BCUT2D eigenvalue weighted by atomic mass is 9.46. The molecule has 27 heavy (non-hydrogen) atoms. The molecule has 1 aromatic rings. The first-order chi connectivity index (χ1) is 12.9. The van der Waals surface area contributed by atoms with E-state index in [4.69, 9.17) is 4.74 Å². The van der Waals surface area contributed by atoms with Gasteiger partial charge in [-0.2, -0.15) is 0 Å². The summed E-state index contributed by atoms with van der Waals surface area (Å²) in [5.74, 6) is 0.849. The SMILES string of the molecule is COc1ccc2c(c1)CC[C@@H]1[C@@H]2C(=O)C[C@]2(C)C3(CC(=O)O)CCC12CC3. The van der Waals surface area contributed by atoms with Crippen LogP contribution in [0.5, 0.6) is 5.75 Å². The number of carbonyl (C=O) groups excluding carboxylic acids is 1. The minimum Gasteiger partial charge on any atom is -0.497 e. The van der Waals surface area contributed by atoms with Gasteiger partial charge in [0.15, 0.2) is 0 Å².